The third-order valence-electron chi connectivity index (χ3n) is 5.07. The smallest absolute Gasteiger partial charge is 0.211 e. The third-order valence-corrected chi connectivity index (χ3v) is 6.63. The van der Waals surface area contributed by atoms with E-state index in [9.17, 15) is 8.42 Å². The van der Waals surface area contributed by atoms with Crippen molar-refractivity contribution in [1.82, 2.24) is 19.9 Å². The van der Waals surface area contributed by atoms with E-state index in [1.807, 2.05) is 12.1 Å². The summed E-state index contributed by atoms with van der Waals surface area (Å²) in [7, 11) is -1.35. The summed E-state index contributed by atoms with van der Waals surface area (Å²) in [5, 5.41) is 7.44. The molecule has 0 aliphatic carbocycles. The van der Waals surface area contributed by atoms with Crippen LogP contribution >= 0.6 is 35.6 Å². The number of aliphatic imine (C=N–C) groups is 1. The number of hydrogen-bond acceptors (Lipinski definition) is 5. The van der Waals surface area contributed by atoms with Gasteiger partial charge in [-0.05, 0) is 30.9 Å². The molecule has 0 spiro atoms. The van der Waals surface area contributed by atoms with Gasteiger partial charge in [-0.3, -0.25) is 4.99 Å². The monoisotopic (exact) mass is 542 g/mol. The van der Waals surface area contributed by atoms with E-state index in [1.165, 1.54) is 6.26 Å². The average Bonchev–Trinajstić information content (AvgIpc) is 3.28. The van der Waals surface area contributed by atoms with Gasteiger partial charge in [0.25, 0.3) is 0 Å². The molecule has 1 aromatic heterocycles. The minimum atomic E-state index is -3.10. The lowest BCUT2D eigenvalue weighted by molar-refractivity contribution is 0.458. The predicted molar refractivity (Wildman–Crippen MR) is 124 cm³/mol. The molecule has 2 atom stereocenters. The number of rotatable bonds is 5. The van der Waals surface area contributed by atoms with E-state index in [0.29, 0.717) is 30.6 Å². The Morgan fingerprint density at radius 2 is 2.14 bits per heavy atom. The molecule has 0 aromatic carbocycles. The van der Waals surface area contributed by atoms with Crippen LogP contribution in [0.25, 0.3) is 0 Å². The zero-order valence-electron chi connectivity index (χ0n) is 16.1. The molecule has 2 aliphatic heterocycles. The molecule has 2 unspecified atom stereocenters. The summed E-state index contributed by atoms with van der Waals surface area (Å²) in [6, 6.07) is 3.94. The lowest BCUT2D eigenvalue weighted by Crippen LogP contribution is -2.46. The Kier molecular flexibility index (Phi) is 8.59. The Bertz CT molecular complexity index is 794. The van der Waals surface area contributed by atoms with Gasteiger partial charge in [0.05, 0.1) is 11.3 Å². The van der Waals surface area contributed by atoms with Gasteiger partial charge in [0.15, 0.2) is 5.96 Å². The maximum Gasteiger partial charge on any atom is 0.211 e. The van der Waals surface area contributed by atoms with E-state index in [0.717, 1.165) is 37.7 Å². The molecule has 0 radical (unpaired) electrons. The van der Waals surface area contributed by atoms with Gasteiger partial charge < -0.3 is 15.5 Å². The van der Waals surface area contributed by atoms with Crippen LogP contribution in [0.3, 0.4) is 0 Å². The summed E-state index contributed by atoms with van der Waals surface area (Å²) in [4.78, 5) is 10.8. The van der Waals surface area contributed by atoms with Crippen molar-refractivity contribution in [3.8, 4) is 0 Å². The Balaban J connectivity index is 0.00000280. The molecule has 8 nitrogen and oxygen atoms in total. The van der Waals surface area contributed by atoms with Gasteiger partial charge in [-0.1, -0.05) is 11.6 Å². The molecule has 28 heavy (non-hydrogen) atoms. The number of aromatic nitrogens is 1. The molecule has 11 heteroatoms. The van der Waals surface area contributed by atoms with Gasteiger partial charge in [0.1, 0.15) is 5.82 Å². The molecule has 2 fully saturated rings. The fourth-order valence-electron chi connectivity index (χ4n) is 3.57. The highest BCUT2D eigenvalue weighted by molar-refractivity contribution is 14.0. The highest BCUT2D eigenvalue weighted by atomic mass is 127. The fourth-order valence-corrected chi connectivity index (χ4v) is 4.73. The van der Waals surface area contributed by atoms with Crippen molar-refractivity contribution in [2.45, 2.75) is 18.9 Å². The molecular weight excluding hydrogens is 515 g/mol. The lowest BCUT2D eigenvalue weighted by atomic mass is 10.1. The number of sulfonamides is 1. The van der Waals surface area contributed by atoms with Crippen molar-refractivity contribution in [2.24, 2.45) is 10.9 Å². The highest BCUT2D eigenvalue weighted by Gasteiger charge is 2.29. The van der Waals surface area contributed by atoms with Crippen LogP contribution < -0.4 is 15.5 Å². The molecule has 3 rings (SSSR count). The van der Waals surface area contributed by atoms with Gasteiger partial charge in [-0.25, -0.2) is 17.7 Å². The van der Waals surface area contributed by atoms with Crippen molar-refractivity contribution in [3.63, 3.8) is 0 Å². The summed E-state index contributed by atoms with van der Waals surface area (Å²) in [5.74, 6) is 1.86. The lowest BCUT2D eigenvalue weighted by Gasteiger charge is -2.21. The topological polar surface area (TPSA) is 89.9 Å². The summed E-state index contributed by atoms with van der Waals surface area (Å²) in [5.41, 5.74) is 0. The molecule has 2 saturated heterocycles. The predicted octanol–water partition coefficient (Wildman–Crippen LogP) is 1.38. The number of nitrogens with one attached hydrogen (secondary N) is 2. The van der Waals surface area contributed by atoms with Crippen molar-refractivity contribution >= 4 is 57.4 Å². The van der Waals surface area contributed by atoms with Gasteiger partial charge in [0.2, 0.25) is 10.0 Å². The number of anilines is 1. The summed E-state index contributed by atoms with van der Waals surface area (Å²) >= 11 is 6.24. The van der Waals surface area contributed by atoms with Gasteiger partial charge >= 0.3 is 0 Å². The minimum absolute atomic E-state index is 0. The average molecular weight is 543 g/mol. The first-order valence-electron chi connectivity index (χ1n) is 9.14. The molecule has 2 N–H and O–H groups in total. The summed E-state index contributed by atoms with van der Waals surface area (Å²) < 4.78 is 24.8. The Labute approximate surface area is 189 Å². The quantitative estimate of drug-likeness (QED) is 0.332. The van der Waals surface area contributed by atoms with Crippen LogP contribution in [0.2, 0.25) is 5.02 Å². The normalized spacial score (nSPS) is 23.5. The Hall–Kier alpha value is -0.850. The van der Waals surface area contributed by atoms with E-state index >= 15 is 0 Å². The van der Waals surface area contributed by atoms with Crippen LogP contribution in [0.15, 0.2) is 23.3 Å². The Morgan fingerprint density at radius 3 is 2.79 bits per heavy atom. The van der Waals surface area contributed by atoms with E-state index < -0.39 is 10.0 Å². The largest absolute Gasteiger partial charge is 0.356 e. The van der Waals surface area contributed by atoms with Crippen molar-refractivity contribution < 1.29 is 8.42 Å². The first-order chi connectivity index (χ1) is 12.9. The molecular formula is C17H28ClIN6O2S. The number of guanidine groups is 1. The zero-order chi connectivity index (χ0) is 19.4. The highest BCUT2D eigenvalue weighted by Crippen LogP contribution is 2.25. The first-order valence-corrected chi connectivity index (χ1v) is 11.4. The van der Waals surface area contributed by atoms with E-state index in [-0.39, 0.29) is 30.0 Å². The van der Waals surface area contributed by atoms with Crippen LogP contribution in [0.5, 0.6) is 0 Å². The summed E-state index contributed by atoms with van der Waals surface area (Å²) in [6.45, 7) is 3.56. The molecule has 0 bridgehead atoms. The van der Waals surface area contributed by atoms with Crippen molar-refractivity contribution in [3.05, 3.63) is 23.4 Å². The van der Waals surface area contributed by atoms with Crippen molar-refractivity contribution in [2.75, 3.05) is 50.9 Å². The number of halogens is 2. The molecule has 0 saturated carbocycles. The molecule has 158 valence electrons. The third kappa shape index (κ3) is 6.07. The van der Waals surface area contributed by atoms with Crippen LogP contribution in [0.1, 0.15) is 12.8 Å². The summed E-state index contributed by atoms with van der Waals surface area (Å²) in [6.07, 6.45) is 4.86. The van der Waals surface area contributed by atoms with E-state index in [2.05, 4.69) is 25.5 Å². The maximum absolute atomic E-state index is 11.6. The van der Waals surface area contributed by atoms with Crippen LogP contribution in [0.4, 0.5) is 5.82 Å². The van der Waals surface area contributed by atoms with Gasteiger partial charge in [0, 0.05) is 52.0 Å². The molecule has 0 amide bonds. The van der Waals surface area contributed by atoms with Gasteiger partial charge in [-0.2, -0.15) is 0 Å². The fraction of sp³-hybridized carbons (Fsp3) is 0.647. The Morgan fingerprint density at radius 1 is 1.36 bits per heavy atom. The minimum Gasteiger partial charge on any atom is -0.356 e. The number of nitrogens with zero attached hydrogens (tertiary/aromatic N) is 4. The molecule has 1 aromatic rings. The van der Waals surface area contributed by atoms with Gasteiger partial charge in [-0.15, -0.1) is 24.0 Å². The van der Waals surface area contributed by atoms with E-state index in [1.54, 1.807) is 17.5 Å². The SMILES string of the molecule is CN=C(NCC1CCN(S(C)(=O)=O)C1)NC1CCN(c2ncccc2Cl)C1.I. The van der Waals surface area contributed by atoms with Crippen molar-refractivity contribution in [1.29, 1.82) is 0 Å². The standard InChI is InChI=1S/C17H27ClN6O2S.HI/c1-19-17(21-10-13-5-9-24(11-13)27(2,25)26)22-14-6-8-23(12-14)16-15(18)4-3-7-20-16;/h3-4,7,13-14H,5-6,8-12H2,1-2H3,(H2,19,21,22);1H. The molecule has 2 aliphatic rings. The van der Waals surface area contributed by atoms with Crippen LogP contribution in [-0.2, 0) is 10.0 Å². The van der Waals surface area contributed by atoms with Crippen LogP contribution in [0, 0.1) is 5.92 Å². The van der Waals surface area contributed by atoms with E-state index in [4.69, 9.17) is 11.6 Å². The molecule has 3 heterocycles. The zero-order valence-corrected chi connectivity index (χ0v) is 20.0. The second kappa shape index (κ2) is 10.3. The maximum atomic E-state index is 11.6. The first kappa shape index (κ1) is 23.4. The van der Waals surface area contributed by atoms with Crippen LogP contribution in [-0.4, -0.2) is 75.7 Å². The number of pyridine rings is 1. The second-order valence-corrected chi connectivity index (χ2v) is 9.50. The number of hydrogen-bond donors (Lipinski definition) is 2. The second-order valence-electron chi connectivity index (χ2n) is 7.11.